The van der Waals surface area contributed by atoms with E-state index in [4.69, 9.17) is 5.11 Å². The molecule has 21 heavy (non-hydrogen) atoms. The van der Waals surface area contributed by atoms with Gasteiger partial charge in [0, 0.05) is 7.11 Å². The Morgan fingerprint density at radius 2 is 1.14 bits per heavy atom. The fourth-order valence-corrected chi connectivity index (χ4v) is 1.39. The van der Waals surface area contributed by atoms with Gasteiger partial charge >= 0.3 is 26.2 Å². The molecule has 1 radical (unpaired) electrons. The molecule has 0 bridgehead atoms. The molecule has 115 valence electrons. The predicted octanol–water partition coefficient (Wildman–Crippen LogP) is 5.36. The second-order valence-electron chi connectivity index (χ2n) is 3.77. The van der Waals surface area contributed by atoms with E-state index in [9.17, 15) is 0 Å². The zero-order valence-electron chi connectivity index (χ0n) is 13.8. The van der Waals surface area contributed by atoms with Crippen LogP contribution in [0.2, 0.25) is 0 Å². The Hall–Kier alpha value is -0.717. The molecule has 0 fully saturated rings. The smallest absolute Gasteiger partial charge is 0.497 e. The molecule has 0 aliphatic carbocycles. The minimum absolute atomic E-state index is 0. The molecule has 0 aliphatic rings. The van der Waals surface area contributed by atoms with Gasteiger partial charge < -0.3 is 11.2 Å². The fourth-order valence-electron chi connectivity index (χ4n) is 1.39. The van der Waals surface area contributed by atoms with E-state index >= 15 is 0 Å². The summed E-state index contributed by atoms with van der Waals surface area (Å²) in [6, 6.07) is 20.0. The molecule has 0 aliphatic heterocycles. The standard InChI is InChI=1S/C8H15.2C5H5.CH4O.Zr/c1-4-7-8(5-2)6-3;2*1-2-4-5-3-1;1-2;/h4-6H2,1-3H3;2*1-5H;2H,1H3;/q3*-1;;+3. The first-order chi connectivity index (χ1) is 9.85. The molecule has 0 heterocycles. The number of aliphatic hydroxyl groups excluding tert-OH is 1. The van der Waals surface area contributed by atoms with Crippen molar-refractivity contribution in [1.29, 1.82) is 0 Å². The summed E-state index contributed by atoms with van der Waals surface area (Å²) < 4.78 is 0. The third kappa shape index (κ3) is 21.7. The van der Waals surface area contributed by atoms with E-state index in [-0.39, 0.29) is 26.2 Å². The third-order valence-corrected chi connectivity index (χ3v) is 2.39. The van der Waals surface area contributed by atoms with Crippen LogP contribution in [0.1, 0.15) is 40.0 Å². The van der Waals surface area contributed by atoms with Gasteiger partial charge in [-0.25, -0.2) is 24.3 Å². The number of allylic oxidation sites excluding steroid dienone is 2. The van der Waals surface area contributed by atoms with Gasteiger partial charge in [-0.3, -0.25) is 5.57 Å². The van der Waals surface area contributed by atoms with Gasteiger partial charge in [0.25, 0.3) is 0 Å². The van der Waals surface area contributed by atoms with E-state index in [1.807, 2.05) is 60.7 Å². The van der Waals surface area contributed by atoms with Crippen LogP contribution in [-0.4, -0.2) is 12.2 Å². The van der Waals surface area contributed by atoms with Crippen LogP contribution in [0, 0.1) is 6.08 Å². The van der Waals surface area contributed by atoms with Crippen molar-refractivity contribution < 1.29 is 31.3 Å². The minimum Gasteiger partial charge on any atom is -0.497 e. The maximum atomic E-state index is 7.00. The van der Waals surface area contributed by atoms with Crippen LogP contribution in [0.5, 0.6) is 0 Å². The number of aliphatic hydroxyl groups is 1. The zero-order chi connectivity index (χ0) is 15.5. The number of rotatable bonds is 3. The summed E-state index contributed by atoms with van der Waals surface area (Å²) in [5.41, 5.74) is 1.47. The Kier molecular flexibility index (Phi) is 29.2. The van der Waals surface area contributed by atoms with Crippen molar-refractivity contribution in [2.24, 2.45) is 0 Å². The summed E-state index contributed by atoms with van der Waals surface area (Å²) in [6.07, 6.45) is 6.71. The first-order valence-corrected chi connectivity index (χ1v) is 7.21. The Morgan fingerprint density at radius 3 is 1.24 bits per heavy atom. The summed E-state index contributed by atoms with van der Waals surface area (Å²) in [7, 11) is 1.00. The largest absolute Gasteiger partial charge is 3.00 e. The molecule has 0 unspecified atom stereocenters. The van der Waals surface area contributed by atoms with Crippen LogP contribution in [0.15, 0.2) is 66.2 Å². The molecule has 0 atom stereocenters. The SMILES string of the molecule is CC[C-]=C(CC)CC.CO.[Zr+3].c1cc[cH-]c1.c1cc[cH-]c1. The van der Waals surface area contributed by atoms with Gasteiger partial charge in [-0.1, -0.05) is 33.6 Å². The predicted molar refractivity (Wildman–Crippen MR) is 89.8 cm³/mol. The van der Waals surface area contributed by atoms with E-state index in [1.165, 1.54) is 18.4 Å². The Labute approximate surface area is 150 Å². The molecule has 2 aromatic carbocycles. The quantitative estimate of drug-likeness (QED) is 0.727. The van der Waals surface area contributed by atoms with Gasteiger partial charge in [0.05, 0.1) is 0 Å². The molecular formula is C19H29OZr. The van der Waals surface area contributed by atoms with Gasteiger partial charge in [-0.2, -0.15) is 42.8 Å². The van der Waals surface area contributed by atoms with E-state index in [0.29, 0.717) is 0 Å². The Morgan fingerprint density at radius 1 is 0.810 bits per heavy atom. The Bertz CT molecular complexity index is 280. The fraction of sp³-hybridized carbons (Fsp3) is 0.368. The summed E-state index contributed by atoms with van der Waals surface area (Å²) in [6.45, 7) is 6.49. The summed E-state index contributed by atoms with van der Waals surface area (Å²) in [4.78, 5) is 0. The molecule has 0 spiro atoms. The summed E-state index contributed by atoms with van der Waals surface area (Å²) in [5, 5.41) is 7.00. The van der Waals surface area contributed by atoms with Crippen LogP contribution in [0.25, 0.3) is 0 Å². The van der Waals surface area contributed by atoms with Crippen molar-refractivity contribution in [3.8, 4) is 0 Å². The van der Waals surface area contributed by atoms with Crippen molar-refractivity contribution in [3.63, 3.8) is 0 Å². The number of hydrogen-bond donors (Lipinski definition) is 1. The molecule has 0 saturated carbocycles. The van der Waals surface area contributed by atoms with Crippen LogP contribution in [-0.2, 0) is 26.2 Å². The zero-order valence-corrected chi connectivity index (χ0v) is 16.3. The molecule has 0 aromatic heterocycles. The van der Waals surface area contributed by atoms with Crippen LogP contribution in [0.4, 0.5) is 0 Å². The molecule has 2 heteroatoms. The van der Waals surface area contributed by atoms with E-state index < -0.39 is 0 Å². The average molecular weight is 365 g/mol. The Balaban J connectivity index is -0.000000219. The first-order valence-electron chi connectivity index (χ1n) is 7.21. The second-order valence-corrected chi connectivity index (χ2v) is 3.77. The molecule has 1 N–H and O–H groups in total. The minimum atomic E-state index is 0. The van der Waals surface area contributed by atoms with Crippen molar-refractivity contribution in [2.45, 2.75) is 40.0 Å². The van der Waals surface area contributed by atoms with Crippen LogP contribution < -0.4 is 0 Å². The van der Waals surface area contributed by atoms with Crippen LogP contribution >= 0.6 is 0 Å². The van der Waals surface area contributed by atoms with Gasteiger partial charge in [-0.15, -0.1) is 0 Å². The van der Waals surface area contributed by atoms with Crippen LogP contribution in [0.3, 0.4) is 0 Å². The summed E-state index contributed by atoms with van der Waals surface area (Å²) in [5.74, 6) is 0. The average Bonchev–Trinajstić information content (AvgIpc) is 3.25. The third-order valence-electron chi connectivity index (χ3n) is 2.39. The normalized spacial score (nSPS) is 7.48. The van der Waals surface area contributed by atoms with Gasteiger partial charge in [0.15, 0.2) is 0 Å². The van der Waals surface area contributed by atoms with E-state index in [0.717, 1.165) is 13.5 Å². The molecular weight excluding hydrogens is 335 g/mol. The van der Waals surface area contributed by atoms with Gasteiger partial charge in [0.1, 0.15) is 0 Å². The van der Waals surface area contributed by atoms with Gasteiger partial charge in [-0.05, 0) is 0 Å². The van der Waals surface area contributed by atoms with E-state index in [2.05, 4.69) is 26.8 Å². The molecule has 0 amide bonds. The summed E-state index contributed by atoms with van der Waals surface area (Å²) >= 11 is 0. The monoisotopic (exact) mass is 363 g/mol. The van der Waals surface area contributed by atoms with Crippen molar-refractivity contribution in [3.05, 3.63) is 72.3 Å². The molecule has 1 nitrogen and oxygen atoms in total. The molecule has 2 rings (SSSR count). The maximum absolute atomic E-state index is 7.00. The van der Waals surface area contributed by atoms with Crippen molar-refractivity contribution in [1.82, 2.24) is 0 Å². The first kappa shape index (κ1) is 25.2. The maximum Gasteiger partial charge on any atom is 3.00 e. The molecule has 0 saturated heterocycles. The number of hydrogen-bond acceptors (Lipinski definition) is 1. The molecule has 2 aromatic rings. The van der Waals surface area contributed by atoms with Crippen molar-refractivity contribution >= 4 is 0 Å². The van der Waals surface area contributed by atoms with Crippen molar-refractivity contribution in [2.75, 3.05) is 7.11 Å². The van der Waals surface area contributed by atoms with E-state index in [1.54, 1.807) is 0 Å². The van der Waals surface area contributed by atoms with Gasteiger partial charge in [0.2, 0.25) is 0 Å². The second kappa shape index (κ2) is 24.3. The topological polar surface area (TPSA) is 20.2 Å².